The van der Waals surface area contributed by atoms with Crippen molar-refractivity contribution in [2.75, 3.05) is 19.6 Å². The summed E-state index contributed by atoms with van der Waals surface area (Å²) in [5, 5.41) is 6.64. The van der Waals surface area contributed by atoms with Gasteiger partial charge in [-0.15, -0.1) is 0 Å². The SMILES string of the molecule is CCN1C[C@H](CNC(=O)c2cc(COc3cc(C)ccc3C)on2)CC1=O. The fourth-order valence-corrected chi connectivity index (χ4v) is 3.12. The molecule has 0 saturated carbocycles. The van der Waals surface area contributed by atoms with Gasteiger partial charge in [-0.1, -0.05) is 17.3 Å². The largest absolute Gasteiger partial charge is 0.485 e. The zero-order valence-electron chi connectivity index (χ0n) is 15.9. The van der Waals surface area contributed by atoms with Crippen LogP contribution in [-0.2, 0) is 11.4 Å². The third-order valence-electron chi connectivity index (χ3n) is 4.73. The van der Waals surface area contributed by atoms with Crippen LogP contribution in [-0.4, -0.2) is 41.5 Å². The maximum absolute atomic E-state index is 12.2. The third kappa shape index (κ3) is 4.67. The van der Waals surface area contributed by atoms with Gasteiger partial charge in [-0.05, 0) is 38.0 Å². The van der Waals surface area contributed by atoms with E-state index in [4.69, 9.17) is 9.26 Å². The van der Waals surface area contributed by atoms with Gasteiger partial charge in [0.25, 0.3) is 5.91 Å². The second-order valence-corrected chi connectivity index (χ2v) is 6.95. The lowest BCUT2D eigenvalue weighted by Crippen LogP contribution is -2.31. The number of rotatable bonds is 7. The number of benzene rings is 1. The molecule has 1 atom stereocenters. The monoisotopic (exact) mass is 371 g/mol. The van der Waals surface area contributed by atoms with Crippen molar-refractivity contribution in [2.24, 2.45) is 5.92 Å². The molecule has 7 heteroatoms. The first-order chi connectivity index (χ1) is 13.0. The second-order valence-electron chi connectivity index (χ2n) is 6.95. The van der Waals surface area contributed by atoms with Crippen LogP contribution in [0.4, 0.5) is 0 Å². The average Bonchev–Trinajstić information content (AvgIpc) is 3.27. The molecule has 0 unspecified atom stereocenters. The van der Waals surface area contributed by atoms with Crippen molar-refractivity contribution in [3.05, 3.63) is 46.8 Å². The number of nitrogens with zero attached hydrogens (tertiary/aromatic N) is 2. The Morgan fingerprint density at radius 2 is 2.19 bits per heavy atom. The van der Waals surface area contributed by atoms with Gasteiger partial charge in [0.2, 0.25) is 5.91 Å². The van der Waals surface area contributed by atoms with Crippen molar-refractivity contribution in [2.45, 2.75) is 33.8 Å². The minimum Gasteiger partial charge on any atom is -0.485 e. The van der Waals surface area contributed by atoms with Crippen LogP contribution in [0.15, 0.2) is 28.8 Å². The first-order valence-electron chi connectivity index (χ1n) is 9.18. The summed E-state index contributed by atoms with van der Waals surface area (Å²) in [6.07, 6.45) is 0.474. The van der Waals surface area contributed by atoms with E-state index < -0.39 is 0 Å². The predicted molar refractivity (Wildman–Crippen MR) is 99.4 cm³/mol. The lowest BCUT2D eigenvalue weighted by atomic mass is 10.1. The van der Waals surface area contributed by atoms with Gasteiger partial charge < -0.3 is 19.5 Å². The lowest BCUT2D eigenvalue weighted by molar-refractivity contribution is -0.127. The van der Waals surface area contributed by atoms with E-state index in [0.717, 1.165) is 16.9 Å². The Hall–Kier alpha value is -2.83. The Bertz CT molecular complexity index is 830. The highest BCUT2D eigenvalue weighted by Gasteiger charge is 2.28. The standard InChI is InChI=1S/C20H25N3O4/c1-4-23-11-15(8-19(23)24)10-21-20(25)17-9-16(27-22-17)12-26-18-7-13(2)5-6-14(18)3/h5-7,9,15H,4,8,10-12H2,1-3H3,(H,21,25)/t15-/m0/s1. The minimum atomic E-state index is -0.306. The molecule has 1 aromatic carbocycles. The van der Waals surface area contributed by atoms with Crippen LogP contribution in [0.25, 0.3) is 0 Å². The normalized spacial score (nSPS) is 16.6. The Kier molecular flexibility index (Phi) is 5.78. The summed E-state index contributed by atoms with van der Waals surface area (Å²) in [6, 6.07) is 7.56. The van der Waals surface area contributed by atoms with E-state index in [9.17, 15) is 9.59 Å². The van der Waals surface area contributed by atoms with Gasteiger partial charge >= 0.3 is 0 Å². The summed E-state index contributed by atoms with van der Waals surface area (Å²) in [5.74, 6) is 1.24. The lowest BCUT2D eigenvalue weighted by Gasteiger charge is -2.13. The van der Waals surface area contributed by atoms with Crippen molar-refractivity contribution >= 4 is 11.8 Å². The molecule has 144 valence electrons. The summed E-state index contributed by atoms with van der Waals surface area (Å²) >= 11 is 0. The number of hydrogen-bond acceptors (Lipinski definition) is 5. The molecule has 7 nitrogen and oxygen atoms in total. The van der Waals surface area contributed by atoms with Crippen LogP contribution in [0, 0.1) is 19.8 Å². The molecule has 1 fully saturated rings. The number of nitrogens with one attached hydrogen (secondary N) is 1. The number of ether oxygens (including phenoxy) is 1. The number of aromatic nitrogens is 1. The quantitative estimate of drug-likeness (QED) is 0.808. The smallest absolute Gasteiger partial charge is 0.273 e. The number of likely N-dealkylation sites (tertiary alicyclic amines) is 1. The molecule has 2 heterocycles. The van der Waals surface area contributed by atoms with Crippen molar-refractivity contribution < 1.29 is 18.8 Å². The van der Waals surface area contributed by atoms with Crippen LogP contribution < -0.4 is 10.1 Å². The highest BCUT2D eigenvalue weighted by Crippen LogP contribution is 2.21. The first kappa shape index (κ1) is 18.9. The molecule has 1 aliphatic rings. The van der Waals surface area contributed by atoms with Crippen molar-refractivity contribution in [1.82, 2.24) is 15.4 Å². The minimum absolute atomic E-state index is 0.139. The number of hydrogen-bond donors (Lipinski definition) is 1. The van der Waals surface area contributed by atoms with Gasteiger partial charge in [0, 0.05) is 38.0 Å². The number of amides is 2. The molecule has 2 aromatic rings. The van der Waals surface area contributed by atoms with Crippen LogP contribution in [0.5, 0.6) is 5.75 Å². The summed E-state index contributed by atoms with van der Waals surface area (Å²) < 4.78 is 11.0. The Morgan fingerprint density at radius 1 is 1.37 bits per heavy atom. The van der Waals surface area contributed by atoms with Gasteiger partial charge in [0.1, 0.15) is 12.4 Å². The molecular weight excluding hydrogens is 346 g/mol. The van der Waals surface area contributed by atoms with Crippen molar-refractivity contribution in [3.8, 4) is 5.75 Å². The highest BCUT2D eigenvalue weighted by atomic mass is 16.5. The molecular formula is C20H25N3O4. The molecule has 2 amide bonds. The third-order valence-corrected chi connectivity index (χ3v) is 4.73. The Labute approximate surface area is 158 Å². The summed E-state index contributed by atoms with van der Waals surface area (Å²) in [5.41, 5.74) is 2.36. The fraction of sp³-hybridized carbons (Fsp3) is 0.450. The fourth-order valence-electron chi connectivity index (χ4n) is 3.12. The predicted octanol–water partition coefficient (Wildman–Crippen LogP) is 2.47. The van der Waals surface area contributed by atoms with Gasteiger partial charge in [0.05, 0.1) is 0 Å². The Balaban J connectivity index is 1.50. The second kappa shape index (κ2) is 8.24. The zero-order chi connectivity index (χ0) is 19.4. The Morgan fingerprint density at radius 3 is 2.93 bits per heavy atom. The molecule has 1 aliphatic heterocycles. The number of carbonyl (C=O) groups is 2. The number of aryl methyl sites for hydroxylation is 2. The summed E-state index contributed by atoms with van der Waals surface area (Å²) in [4.78, 5) is 25.8. The van der Waals surface area contributed by atoms with E-state index in [-0.39, 0.29) is 30.0 Å². The van der Waals surface area contributed by atoms with E-state index >= 15 is 0 Å². The molecule has 1 saturated heterocycles. The molecule has 3 rings (SSSR count). The van der Waals surface area contributed by atoms with Crippen LogP contribution in [0.2, 0.25) is 0 Å². The van der Waals surface area contributed by atoms with Crippen molar-refractivity contribution in [1.29, 1.82) is 0 Å². The van der Waals surface area contributed by atoms with Gasteiger partial charge in [-0.25, -0.2) is 0 Å². The van der Waals surface area contributed by atoms with E-state index in [0.29, 0.717) is 31.8 Å². The molecule has 27 heavy (non-hydrogen) atoms. The highest BCUT2D eigenvalue weighted by molar-refractivity contribution is 5.92. The first-order valence-corrected chi connectivity index (χ1v) is 9.18. The molecule has 0 radical (unpaired) electrons. The van der Waals surface area contributed by atoms with E-state index in [1.54, 1.807) is 11.0 Å². The van der Waals surface area contributed by atoms with E-state index in [1.165, 1.54) is 0 Å². The van der Waals surface area contributed by atoms with Crippen LogP contribution in [0.1, 0.15) is 40.7 Å². The summed E-state index contributed by atoms with van der Waals surface area (Å²) in [6.45, 7) is 7.97. The topological polar surface area (TPSA) is 84.7 Å². The molecule has 1 N–H and O–H groups in total. The van der Waals surface area contributed by atoms with Gasteiger partial charge in [-0.2, -0.15) is 0 Å². The van der Waals surface area contributed by atoms with Crippen LogP contribution in [0.3, 0.4) is 0 Å². The maximum atomic E-state index is 12.2. The molecule has 0 spiro atoms. The van der Waals surface area contributed by atoms with Crippen LogP contribution >= 0.6 is 0 Å². The van der Waals surface area contributed by atoms with E-state index in [1.807, 2.05) is 39.0 Å². The molecule has 1 aromatic heterocycles. The molecule has 0 bridgehead atoms. The average molecular weight is 371 g/mol. The maximum Gasteiger partial charge on any atom is 0.273 e. The molecule has 0 aliphatic carbocycles. The number of carbonyl (C=O) groups excluding carboxylic acids is 2. The van der Waals surface area contributed by atoms with Gasteiger partial charge in [0.15, 0.2) is 11.5 Å². The van der Waals surface area contributed by atoms with E-state index in [2.05, 4.69) is 10.5 Å². The van der Waals surface area contributed by atoms with Crippen molar-refractivity contribution in [3.63, 3.8) is 0 Å². The zero-order valence-corrected chi connectivity index (χ0v) is 15.9. The van der Waals surface area contributed by atoms with Gasteiger partial charge in [-0.3, -0.25) is 9.59 Å². The summed E-state index contributed by atoms with van der Waals surface area (Å²) in [7, 11) is 0.